The van der Waals surface area contributed by atoms with E-state index in [0.717, 1.165) is 4.13 Å². The molecule has 0 aromatic rings. The van der Waals surface area contributed by atoms with Crippen LogP contribution in [0.3, 0.4) is 0 Å². The summed E-state index contributed by atoms with van der Waals surface area (Å²) in [5.41, 5.74) is 0. The third-order valence-corrected chi connectivity index (χ3v) is 2.01. The third kappa shape index (κ3) is 4.37. The van der Waals surface area contributed by atoms with Gasteiger partial charge in [0.2, 0.25) is 0 Å². The normalized spacial score (nSPS) is 6.40. The molecule has 0 aliphatic rings. The second-order valence-corrected chi connectivity index (χ2v) is 5.04. The molecule has 0 rings (SSSR count). The van der Waals surface area contributed by atoms with E-state index >= 15 is 0 Å². The molecule has 0 bridgehead atoms. The molecule has 0 spiro atoms. The first-order valence-corrected chi connectivity index (χ1v) is 5.67. The molecule has 2 heteroatoms. The molecule has 27 valence electrons. The minimum absolute atomic E-state index is 0.549. The molecule has 1 radical (unpaired) electrons. The number of hydrogen-bond donors (Lipinski definition) is 0. The molecule has 0 aliphatic carbocycles. The Labute approximate surface area is 43.6 Å². The summed E-state index contributed by atoms with van der Waals surface area (Å²) in [5.74, 6) is 0. The van der Waals surface area contributed by atoms with Crippen molar-refractivity contribution in [2.24, 2.45) is 0 Å². The van der Waals surface area contributed by atoms with E-state index in [1.54, 1.807) is 0 Å². The van der Waals surface area contributed by atoms with Crippen LogP contribution in [0.2, 0.25) is 4.13 Å². The first kappa shape index (κ1) is 5.37. The van der Waals surface area contributed by atoms with Crippen molar-refractivity contribution in [3.63, 3.8) is 0 Å². The standard InChI is InChI=1S/C2H5.CN.Bi/c2*1-2;/h1H2,2H3;;. The summed E-state index contributed by atoms with van der Waals surface area (Å²) in [5, 5.41) is 7.90. The van der Waals surface area contributed by atoms with Crippen LogP contribution in [0.1, 0.15) is 6.92 Å². The topological polar surface area (TPSA) is 23.8 Å². The Kier molecular flexibility index (Phi) is 4.70. The van der Waals surface area contributed by atoms with Crippen molar-refractivity contribution in [2.45, 2.75) is 11.1 Å². The van der Waals surface area contributed by atoms with Gasteiger partial charge in [-0.2, -0.15) is 0 Å². The molecule has 0 atom stereocenters. The van der Waals surface area contributed by atoms with E-state index in [4.69, 9.17) is 5.26 Å². The summed E-state index contributed by atoms with van der Waals surface area (Å²) in [4.78, 5) is 0. The number of rotatable bonds is 1. The Balaban J connectivity index is 2.48. The SMILES string of the molecule is C[CH2][Bi][C]#N. The second kappa shape index (κ2) is 4.37. The van der Waals surface area contributed by atoms with Crippen molar-refractivity contribution < 1.29 is 0 Å². The summed E-state index contributed by atoms with van der Waals surface area (Å²) in [6.07, 6.45) is 0. The maximum absolute atomic E-state index is 7.90. The van der Waals surface area contributed by atoms with E-state index in [0.29, 0.717) is 0 Å². The van der Waals surface area contributed by atoms with Crippen molar-refractivity contribution >= 4 is 23.2 Å². The quantitative estimate of drug-likeness (QED) is 0.636. The van der Waals surface area contributed by atoms with Gasteiger partial charge < -0.3 is 0 Å². The van der Waals surface area contributed by atoms with Gasteiger partial charge in [0.05, 0.1) is 0 Å². The van der Waals surface area contributed by atoms with Crippen LogP contribution in [0, 0.1) is 9.04 Å². The fraction of sp³-hybridized carbons (Fsp3) is 0.667. The fourth-order valence-corrected chi connectivity index (χ4v) is 0.620. The summed E-state index contributed by atoms with van der Waals surface area (Å²) in [7, 11) is 0. The average molecular weight is 264 g/mol. The van der Waals surface area contributed by atoms with E-state index in [2.05, 4.69) is 10.7 Å². The second-order valence-electron chi connectivity index (χ2n) is 0.574. The monoisotopic (exact) mass is 264 g/mol. The van der Waals surface area contributed by atoms with Crippen LogP contribution in [0.5, 0.6) is 0 Å². The first-order valence-electron chi connectivity index (χ1n) is 1.47. The van der Waals surface area contributed by atoms with Gasteiger partial charge in [0.15, 0.2) is 0 Å². The summed E-state index contributed by atoms with van der Waals surface area (Å²) >= 11 is -0.549. The molecule has 5 heavy (non-hydrogen) atoms. The van der Waals surface area contributed by atoms with Crippen LogP contribution in [0.15, 0.2) is 0 Å². The van der Waals surface area contributed by atoms with Gasteiger partial charge in [-0.05, 0) is 0 Å². The number of nitrogens with zero attached hydrogens (tertiary/aromatic N) is 1. The van der Waals surface area contributed by atoms with E-state index in [9.17, 15) is 0 Å². The molecule has 0 saturated carbocycles. The van der Waals surface area contributed by atoms with Crippen LogP contribution in [-0.4, -0.2) is 23.2 Å². The van der Waals surface area contributed by atoms with Gasteiger partial charge >= 0.3 is 43.3 Å². The van der Waals surface area contributed by atoms with Crippen molar-refractivity contribution in [3.8, 4) is 3.78 Å². The molecule has 0 aliphatic heterocycles. The third-order valence-electron chi connectivity index (χ3n) is 0.229. The van der Waals surface area contributed by atoms with Crippen molar-refractivity contribution in [1.82, 2.24) is 0 Å². The van der Waals surface area contributed by atoms with Crippen molar-refractivity contribution in [1.29, 1.82) is 5.26 Å². The van der Waals surface area contributed by atoms with Crippen LogP contribution >= 0.6 is 0 Å². The molecule has 0 aromatic heterocycles. The first-order chi connectivity index (χ1) is 2.41. The molecule has 0 heterocycles. The van der Waals surface area contributed by atoms with Crippen molar-refractivity contribution in [2.75, 3.05) is 0 Å². The molecule has 0 fully saturated rings. The van der Waals surface area contributed by atoms with Crippen LogP contribution in [0.4, 0.5) is 0 Å². The average Bonchev–Trinajstić information content (AvgIpc) is 1.41. The zero-order valence-electron chi connectivity index (χ0n) is 3.10. The van der Waals surface area contributed by atoms with Gasteiger partial charge in [-0.15, -0.1) is 0 Å². The fourth-order valence-electron chi connectivity index (χ4n) is 0.0707. The predicted molar refractivity (Wildman–Crippen MR) is 21.8 cm³/mol. The molecule has 1 nitrogen and oxygen atoms in total. The number of nitriles is 1. The van der Waals surface area contributed by atoms with Crippen LogP contribution < -0.4 is 0 Å². The molecule has 0 N–H and O–H groups in total. The maximum atomic E-state index is 7.90. The van der Waals surface area contributed by atoms with E-state index in [1.165, 1.54) is 0 Å². The van der Waals surface area contributed by atoms with Gasteiger partial charge in [-0.25, -0.2) is 0 Å². The molecule has 0 aromatic carbocycles. The Bertz CT molecular complexity index is 45.3. The number of hydrogen-bond acceptors (Lipinski definition) is 1. The molecule has 0 amide bonds. The van der Waals surface area contributed by atoms with E-state index < -0.39 is 23.2 Å². The zero-order valence-corrected chi connectivity index (χ0v) is 6.58. The molecular weight excluding hydrogens is 259 g/mol. The summed E-state index contributed by atoms with van der Waals surface area (Å²) < 4.78 is 3.36. The molecule has 0 unspecified atom stereocenters. The Morgan fingerprint density at radius 3 is 2.60 bits per heavy atom. The summed E-state index contributed by atoms with van der Waals surface area (Å²) in [6.45, 7) is 2.07. The zero-order chi connectivity index (χ0) is 4.12. The van der Waals surface area contributed by atoms with Gasteiger partial charge in [0.1, 0.15) is 0 Å². The molecular formula is C3H5BiN. The predicted octanol–water partition coefficient (Wildman–Crippen LogP) is 0.610. The Morgan fingerprint density at radius 2 is 2.60 bits per heavy atom. The van der Waals surface area contributed by atoms with Crippen LogP contribution in [0.25, 0.3) is 0 Å². The van der Waals surface area contributed by atoms with Crippen molar-refractivity contribution in [3.05, 3.63) is 0 Å². The summed E-state index contributed by atoms with van der Waals surface area (Å²) in [6, 6.07) is 0. The molecule has 0 saturated heterocycles. The van der Waals surface area contributed by atoms with Gasteiger partial charge in [0.25, 0.3) is 0 Å². The Hall–Kier alpha value is 0.373. The van der Waals surface area contributed by atoms with E-state index in [1.807, 2.05) is 0 Å². The van der Waals surface area contributed by atoms with E-state index in [-0.39, 0.29) is 0 Å². The van der Waals surface area contributed by atoms with Gasteiger partial charge in [0, 0.05) is 0 Å². The van der Waals surface area contributed by atoms with Crippen LogP contribution in [-0.2, 0) is 0 Å². The van der Waals surface area contributed by atoms with Gasteiger partial charge in [-0.1, -0.05) is 0 Å². The minimum atomic E-state index is -0.549. The Morgan fingerprint density at radius 1 is 2.00 bits per heavy atom. The van der Waals surface area contributed by atoms with Gasteiger partial charge in [-0.3, -0.25) is 0 Å².